The van der Waals surface area contributed by atoms with Crippen LogP contribution in [0.3, 0.4) is 0 Å². The molecule has 8 heteroatoms. The second kappa shape index (κ2) is 9.28. The molecule has 0 atom stereocenters. The minimum absolute atomic E-state index is 0.0816. The van der Waals surface area contributed by atoms with Crippen LogP contribution in [0, 0.1) is 0 Å². The van der Waals surface area contributed by atoms with Crippen LogP contribution in [0.25, 0.3) is 0 Å². The Morgan fingerprint density at radius 1 is 1.10 bits per heavy atom. The maximum atomic E-state index is 12.2. The van der Waals surface area contributed by atoms with Crippen molar-refractivity contribution in [2.45, 2.75) is 43.9 Å². The number of carbonyl (C=O) groups excluding carboxylic acids is 1. The number of nitrogens with two attached hydrogens (primary N) is 1. The van der Waals surface area contributed by atoms with Gasteiger partial charge in [0.25, 0.3) is 0 Å². The molecule has 0 aliphatic rings. The molecule has 1 amide bonds. The average molecular weight is 421 g/mol. The van der Waals surface area contributed by atoms with Gasteiger partial charge in [-0.25, -0.2) is 13.6 Å². The van der Waals surface area contributed by atoms with Gasteiger partial charge in [-0.05, 0) is 47.7 Å². The highest BCUT2D eigenvalue weighted by Crippen LogP contribution is 2.27. The number of carbonyl (C=O) groups is 1. The fourth-order valence-electron chi connectivity index (χ4n) is 2.65. The second-order valence-electron chi connectivity index (χ2n) is 7.68. The van der Waals surface area contributed by atoms with Crippen molar-refractivity contribution in [2.24, 2.45) is 5.14 Å². The van der Waals surface area contributed by atoms with Crippen LogP contribution in [0.2, 0.25) is 0 Å². The predicted molar refractivity (Wildman–Crippen MR) is 113 cm³/mol. The highest BCUT2D eigenvalue weighted by molar-refractivity contribution is 7.89. The Morgan fingerprint density at radius 3 is 2.31 bits per heavy atom. The van der Waals surface area contributed by atoms with Gasteiger partial charge in [-0.2, -0.15) is 0 Å². The molecule has 0 spiro atoms. The predicted octanol–water partition coefficient (Wildman–Crippen LogP) is 3.44. The first-order valence-electron chi connectivity index (χ1n) is 9.25. The fraction of sp³-hybridized carbons (Fsp3) is 0.381. The molecule has 2 aromatic rings. The van der Waals surface area contributed by atoms with E-state index >= 15 is 0 Å². The standard InChI is InChI=1S/C21H28N2O5S/c1-21(2,3)15-7-9-16(10-8-15)28-13-5-6-20(24)23-18-14-17(29(22,25)26)11-12-19(18)27-4/h7-12,14H,5-6,13H2,1-4H3,(H,23,24)(H2,22,25,26). The Labute approximate surface area is 172 Å². The summed E-state index contributed by atoms with van der Waals surface area (Å²) in [5.41, 5.74) is 1.56. The van der Waals surface area contributed by atoms with E-state index in [0.717, 1.165) is 5.75 Å². The molecule has 0 saturated carbocycles. The lowest BCUT2D eigenvalue weighted by atomic mass is 9.87. The molecule has 0 aromatic heterocycles. The zero-order valence-corrected chi connectivity index (χ0v) is 18.0. The van der Waals surface area contributed by atoms with E-state index < -0.39 is 10.0 Å². The number of anilines is 1. The molecular formula is C21H28N2O5S. The number of hydrogen-bond acceptors (Lipinski definition) is 5. The summed E-state index contributed by atoms with van der Waals surface area (Å²) in [5.74, 6) is 0.823. The Kier molecular flexibility index (Phi) is 7.26. The molecule has 0 heterocycles. The highest BCUT2D eigenvalue weighted by Gasteiger charge is 2.15. The van der Waals surface area contributed by atoms with E-state index in [1.165, 1.54) is 30.9 Å². The summed E-state index contributed by atoms with van der Waals surface area (Å²) >= 11 is 0. The van der Waals surface area contributed by atoms with Crippen molar-refractivity contribution < 1.29 is 22.7 Å². The molecular weight excluding hydrogens is 392 g/mol. The summed E-state index contributed by atoms with van der Waals surface area (Å²) in [6, 6.07) is 12.0. The third-order valence-corrected chi connectivity index (χ3v) is 5.22. The minimum Gasteiger partial charge on any atom is -0.495 e. The Bertz CT molecular complexity index is 948. The molecule has 29 heavy (non-hydrogen) atoms. The summed E-state index contributed by atoms with van der Waals surface area (Å²) in [5, 5.41) is 7.79. The van der Waals surface area contributed by atoms with E-state index in [4.69, 9.17) is 14.6 Å². The smallest absolute Gasteiger partial charge is 0.238 e. The molecule has 0 bridgehead atoms. The van der Waals surface area contributed by atoms with Gasteiger partial charge >= 0.3 is 0 Å². The lowest BCUT2D eigenvalue weighted by molar-refractivity contribution is -0.116. The number of ether oxygens (including phenoxy) is 2. The molecule has 0 aliphatic carbocycles. The summed E-state index contributed by atoms with van der Waals surface area (Å²) in [6.45, 7) is 6.83. The number of benzene rings is 2. The molecule has 0 fully saturated rings. The number of hydrogen-bond donors (Lipinski definition) is 2. The van der Waals surface area contributed by atoms with Crippen LogP contribution in [0.1, 0.15) is 39.2 Å². The van der Waals surface area contributed by atoms with Crippen molar-refractivity contribution in [3.05, 3.63) is 48.0 Å². The van der Waals surface area contributed by atoms with E-state index in [1.807, 2.05) is 24.3 Å². The van der Waals surface area contributed by atoms with Crippen LogP contribution in [0.15, 0.2) is 47.4 Å². The molecule has 0 aliphatic heterocycles. The maximum Gasteiger partial charge on any atom is 0.238 e. The van der Waals surface area contributed by atoms with Crippen molar-refractivity contribution in [1.82, 2.24) is 0 Å². The van der Waals surface area contributed by atoms with Crippen LogP contribution in [0.4, 0.5) is 5.69 Å². The SMILES string of the molecule is COc1ccc(S(N)(=O)=O)cc1NC(=O)CCCOc1ccc(C(C)(C)C)cc1. The van der Waals surface area contributed by atoms with Gasteiger partial charge in [0, 0.05) is 6.42 Å². The zero-order valence-electron chi connectivity index (χ0n) is 17.2. The van der Waals surface area contributed by atoms with Crippen LogP contribution in [0.5, 0.6) is 11.5 Å². The number of nitrogens with one attached hydrogen (secondary N) is 1. The molecule has 0 unspecified atom stereocenters. The van der Waals surface area contributed by atoms with E-state index in [2.05, 4.69) is 26.1 Å². The Balaban J connectivity index is 1.87. The van der Waals surface area contributed by atoms with Crippen LogP contribution in [-0.4, -0.2) is 28.0 Å². The van der Waals surface area contributed by atoms with Crippen molar-refractivity contribution in [2.75, 3.05) is 19.0 Å². The molecule has 3 N–H and O–H groups in total. The van der Waals surface area contributed by atoms with E-state index in [0.29, 0.717) is 18.8 Å². The van der Waals surface area contributed by atoms with Gasteiger partial charge in [0.2, 0.25) is 15.9 Å². The maximum absolute atomic E-state index is 12.2. The van der Waals surface area contributed by atoms with Gasteiger partial charge in [-0.15, -0.1) is 0 Å². The normalized spacial score (nSPS) is 11.8. The molecule has 158 valence electrons. The first kappa shape index (κ1) is 22.7. The van der Waals surface area contributed by atoms with Gasteiger partial charge in [-0.1, -0.05) is 32.9 Å². The number of methoxy groups -OCH3 is 1. The van der Waals surface area contributed by atoms with Gasteiger partial charge in [-0.3, -0.25) is 4.79 Å². The Hall–Kier alpha value is -2.58. The monoisotopic (exact) mass is 420 g/mol. The zero-order chi connectivity index (χ0) is 21.7. The molecule has 2 aromatic carbocycles. The fourth-order valence-corrected chi connectivity index (χ4v) is 3.19. The summed E-state index contributed by atoms with van der Waals surface area (Å²) < 4.78 is 33.8. The van der Waals surface area contributed by atoms with Gasteiger partial charge < -0.3 is 14.8 Å². The highest BCUT2D eigenvalue weighted by atomic mass is 32.2. The third kappa shape index (κ3) is 6.76. The number of amides is 1. The quantitative estimate of drug-likeness (QED) is 0.636. The number of primary sulfonamides is 1. The van der Waals surface area contributed by atoms with Crippen LogP contribution in [-0.2, 0) is 20.2 Å². The summed E-state index contributed by atoms with van der Waals surface area (Å²) in [6.07, 6.45) is 0.715. The Morgan fingerprint density at radius 2 is 1.76 bits per heavy atom. The molecule has 2 rings (SSSR count). The van der Waals surface area contributed by atoms with Crippen molar-refractivity contribution in [3.8, 4) is 11.5 Å². The summed E-state index contributed by atoms with van der Waals surface area (Å²) in [7, 11) is -2.45. The van der Waals surface area contributed by atoms with E-state index in [1.54, 1.807) is 0 Å². The van der Waals surface area contributed by atoms with Crippen molar-refractivity contribution >= 4 is 21.6 Å². The van der Waals surface area contributed by atoms with Gasteiger partial charge in [0.15, 0.2) is 0 Å². The lowest BCUT2D eigenvalue weighted by Crippen LogP contribution is -2.16. The topological polar surface area (TPSA) is 108 Å². The third-order valence-electron chi connectivity index (χ3n) is 4.31. The second-order valence-corrected chi connectivity index (χ2v) is 9.24. The lowest BCUT2D eigenvalue weighted by Gasteiger charge is -2.19. The van der Waals surface area contributed by atoms with Crippen molar-refractivity contribution in [1.29, 1.82) is 0 Å². The van der Waals surface area contributed by atoms with E-state index in [-0.39, 0.29) is 28.3 Å². The van der Waals surface area contributed by atoms with Gasteiger partial charge in [0.1, 0.15) is 11.5 Å². The molecule has 0 saturated heterocycles. The number of rotatable bonds is 8. The van der Waals surface area contributed by atoms with Crippen molar-refractivity contribution in [3.63, 3.8) is 0 Å². The minimum atomic E-state index is -3.88. The van der Waals surface area contributed by atoms with Gasteiger partial charge in [0.05, 0.1) is 24.3 Å². The molecule has 7 nitrogen and oxygen atoms in total. The largest absolute Gasteiger partial charge is 0.495 e. The first-order chi connectivity index (χ1) is 13.5. The first-order valence-corrected chi connectivity index (χ1v) is 10.8. The van der Waals surface area contributed by atoms with E-state index in [9.17, 15) is 13.2 Å². The van der Waals surface area contributed by atoms with Crippen LogP contribution < -0.4 is 19.9 Å². The summed E-state index contributed by atoms with van der Waals surface area (Å²) in [4.78, 5) is 12.1. The average Bonchev–Trinajstić information content (AvgIpc) is 2.64. The molecule has 0 radical (unpaired) electrons. The van der Waals surface area contributed by atoms with Crippen LogP contribution >= 0.6 is 0 Å². The number of sulfonamides is 1.